The molecular formula is C13H23BrO. The lowest BCUT2D eigenvalue weighted by Gasteiger charge is -2.40. The first-order valence-corrected chi connectivity index (χ1v) is 7.61. The fourth-order valence-corrected chi connectivity index (χ4v) is 3.51. The summed E-state index contributed by atoms with van der Waals surface area (Å²) >= 11 is 3.63. The predicted octanol–water partition coefficient (Wildman–Crippen LogP) is 4.15. The molecule has 0 N–H and O–H groups in total. The van der Waals surface area contributed by atoms with Crippen molar-refractivity contribution in [2.24, 2.45) is 11.3 Å². The van der Waals surface area contributed by atoms with Crippen LogP contribution in [-0.2, 0) is 4.74 Å². The van der Waals surface area contributed by atoms with Gasteiger partial charge in [-0.05, 0) is 31.6 Å². The third kappa shape index (κ3) is 3.20. The Labute approximate surface area is 102 Å². The Hall–Kier alpha value is 0.440. The molecule has 0 amide bonds. The molecule has 0 spiro atoms. The quantitative estimate of drug-likeness (QED) is 0.685. The molecule has 0 heterocycles. The van der Waals surface area contributed by atoms with E-state index in [1.807, 2.05) is 0 Å². The Morgan fingerprint density at radius 3 is 2.33 bits per heavy atom. The lowest BCUT2D eigenvalue weighted by Crippen LogP contribution is -2.36. The van der Waals surface area contributed by atoms with Crippen molar-refractivity contribution in [1.82, 2.24) is 0 Å². The zero-order valence-corrected chi connectivity index (χ0v) is 11.2. The highest BCUT2D eigenvalue weighted by atomic mass is 79.9. The first kappa shape index (κ1) is 11.9. The minimum absolute atomic E-state index is 0.509. The number of hydrogen-bond acceptors (Lipinski definition) is 1. The molecule has 1 nitrogen and oxygen atoms in total. The molecule has 0 radical (unpaired) electrons. The van der Waals surface area contributed by atoms with Crippen LogP contribution >= 0.6 is 15.9 Å². The molecule has 15 heavy (non-hydrogen) atoms. The molecule has 2 rings (SSSR count). The molecule has 2 fully saturated rings. The van der Waals surface area contributed by atoms with Crippen LogP contribution in [0.5, 0.6) is 0 Å². The maximum atomic E-state index is 5.94. The van der Waals surface area contributed by atoms with Gasteiger partial charge in [-0.3, -0.25) is 0 Å². The van der Waals surface area contributed by atoms with E-state index in [1.54, 1.807) is 0 Å². The third-order valence-corrected chi connectivity index (χ3v) is 5.37. The van der Waals surface area contributed by atoms with Gasteiger partial charge >= 0.3 is 0 Å². The predicted molar refractivity (Wildman–Crippen MR) is 67.5 cm³/mol. The van der Waals surface area contributed by atoms with E-state index in [-0.39, 0.29) is 0 Å². The zero-order chi connectivity index (χ0) is 10.6. The van der Waals surface area contributed by atoms with Crippen molar-refractivity contribution in [3.8, 4) is 0 Å². The van der Waals surface area contributed by atoms with Gasteiger partial charge in [0.2, 0.25) is 0 Å². The van der Waals surface area contributed by atoms with Crippen LogP contribution in [0.15, 0.2) is 0 Å². The van der Waals surface area contributed by atoms with Crippen molar-refractivity contribution < 1.29 is 4.74 Å². The van der Waals surface area contributed by atoms with Crippen LogP contribution in [0.4, 0.5) is 0 Å². The van der Waals surface area contributed by atoms with Gasteiger partial charge in [0.05, 0.1) is 6.61 Å². The second-order valence-corrected chi connectivity index (χ2v) is 6.07. The van der Waals surface area contributed by atoms with Crippen LogP contribution in [0.3, 0.4) is 0 Å². The molecule has 0 saturated heterocycles. The van der Waals surface area contributed by atoms with Gasteiger partial charge in [0.1, 0.15) is 0 Å². The molecule has 0 atom stereocenters. The normalized spacial score (nSPS) is 26.2. The third-order valence-electron chi connectivity index (χ3n) is 4.18. The van der Waals surface area contributed by atoms with Gasteiger partial charge in [-0.25, -0.2) is 0 Å². The summed E-state index contributed by atoms with van der Waals surface area (Å²) in [7, 11) is 0. The van der Waals surface area contributed by atoms with E-state index in [0.717, 1.165) is 24.5 Å². The lowest BCUT2D eigenvalue weighted by atomic mass is 9.71. The molecule has 88 valence electrons. The van der Waals surface area contributed by atoms with Crippen LogP contribution in [0, 0.1) is 11.3 Å². The second-order valence-electron chi connectivity index (χ2n) is 5.51. The summed E-state index contributed by atoms with van der Waals surface area (Å²) in [4.78, 5) is 0. The standard InChI is InChI=1S/C13H23BrO/c14-10-13(7-4-8-13)11-15-9-12-5-2-1-3-6-12/h12H,1-11H2. The molecular weight excluding hydrogens is 252 g/mol. The van der Waals surface area contributed by atoms with Crippen molar-refractivity contribution in [2.45, 2.75) is 51.4 Å². The molecule has 0 unspecified atom stereocenters. The topological polar surface area (TPSA) is 9.23 Å². The molecule has 2 heteroatoms. The van der Waals surface area contributed by atoms with Crippen molar-refractivity contribution >= 4 is 15.9 Å². The Kier molecular flexibility index (Phi) is 4.51. The Bertz CT molecular complexity index is 177. The maximum Gasteiger partial charge on any atom is 0.0530 e. The minimum atomic E-state index is 0.509. The molecule has 0 aromatic carbocycles. The maximum absolute atomic E-state index is 5.94. The van der Waals surface area contributed by atoms with E-state index in [2.05, 4.69) is 15.9 Å². The first-order valence-electron chi connectivity index (χ1n) is 6.48. The summed E-state index contributed by atoms with van der Waals surface area (Å²) in [6.45, 7) is 2.02. The summed E-state index contributed by atoms with van der Waals surface area (Å²) in [5, 5.41) is 1.13. The highest BCUT2D eigenvalue weighted by Crippen LogP contribution is 2.42. The fraction of sp³-hybridized carbons (Fsp3) is 1.00. The van der Waals surface area contributed by atoms with Crippen LogP contribution in [0.1, 0.15) is 51.4 Å². The number of halogens is 1. The average molecular weight is 275 g/mol. The van der Waals surface area contributed by atoms with E-state index in [9.17, 15) is 0 Å². The second kappa shape index (κ2) is 5.67. The first-order chi connectivity index (χ1) is 7.35. The van der Waals surface area contributed by atoms with E-state index < -0.39 is 0 Å². The van der Waals surface area contributed by atoms with Crippen molar-refractivity contribution in [3.05, 3.63) is 0 Å². The Morgan fingerprint density at radius 2 is 1.80 bits per heavy atom. The lowest BCUT2D eigenvalue weighted by molar-refractivity contribution is -0.00791. The van der Waals surface area contributed by atoms with Gasteiger partial charge < -0.3 is 4.74 Å². The van der Waals surface area contributed by atoms with Crippen molar-refractivity contribution in [3.63, 3.8) is 0 Å². The number of rotatable bonds is 5. The van der Waals surface area contributed by atoms with Crippen LogP contribution in [0.2, 0.25) is 0 Å². The Balaban J connectivity index is 1.61. The summed E-state index contributed by atoms with van der Waals surface area (Å²) in [6.07, 6.45) is 11.2. The molecule has 0 aromatic heterocycles. The largest absolute Gasteiger partial charge is 0.381 e. The van der Waals surface area contributed by atoms with E-state index in [0.29, 0.717) is 5.41 Å². The number of hydrogen-bond donors (Lipinski definition) is 0. The van der Waals surface area contributed by atoms with Gasteiger partial charge in [0.15, 0.2) is 0 Å². The highest BCUT2D eigenvalue weighted by Gasteiger charge is 2.36. The van der Waals surface area contributed by atoms with E-state index in [1.165, 1.54) is 51.4 Å². The highest BCUT2D eigenvalue weighted by molar-refractivity contribution is 9.09. The molecule has 2 saturated carbocycles. The average Bonchev–Trinajstić information content (AvgIpc) is 2.24. The summed E-state index contributed by atoms with van der Waals surface area (Å²) in [6, 6.07) is 0. The van der Waals surface area contributed by atoms with Gasteiger partial charge in [-0.15, -0.1) is 0 Å². The number of alkyl halides is 1. The van der Waals surface area contributed by atoms with E-state index >= 15 is 0 Å². The van der Waals surface area contributed by atoms with Crippen LogP contribution in [-0.4, -0.2) is 18.5 Å². The monoisotopic (exact) mass is 274 g/mol. The molecule has 0 aromatic rings. The fourth-order valence-electron chi connectivity index (χ4n) is 2.79. The molecule has 0 aliphatic heterocycles. The van der Waals surface area contributed by atoms with Crippen LogP contribution < -0.4 is 0 Å². The van der Waals surface area contributed by atoms with Gasteiger partial charge in [0, 0.05) is 17.4 Å². The van der Waals surface area contributed by atoms with Crippen molar-refractivity contribution in [2.75, 3.05) is 18.5 Å². The molecule has 2 aliphatic carbocycles. The van der Waals surface area contributed by atoms with Gasteiger partial charge in [0.25, 0.3) is 0 Å². The molecule has 0 bridgehead atoms. The smallest absolute Gasteiger partial charge is 0.0530 e. The summed E-state index contributed by atoms with van der Waals surface area (Å²) < 4.78 is 5.94. The SMILES string of the molecule is BrCC1(COCC2CCCCC2)CCC1. The number of ether oxygens (including phenoxy) is 1. The minimum Gasteiger partial charge on any atom is -0.381 e. The van der Waals surface area contributed by atoms with Crippen molar-refractivity contribution in [1.29, 1.82) is 0 Å². The van der Waals surface area contributed by atoms with E-state index in [4.69, 9.17) is 4.74 Å². The molecule has 2 aliphatic rings. The Morgan fingerprint density at radius 1 is 1.07 bits per heavy atom. The summed E-state index contributed by atoms with van der Waals surface area (Å²) in [5.41, 5.74) is 0.509. The van der Waals surface area contributed by atoms with Crippen LogP contribution in [0.25, 0.3) is 0 Å². The van der Waals surface area contributed by atoms with Gasteiger partial charge in [-0.2, -0.15) is 0 Å². The van der Waals surface area contributed by atoms with Gasteiger partial charge in [-0.1, -0.05) is 41.6 Å². The zero-order valence-electron chi connectivity index (χ0n) is 9.64. The summed E-state index contributed by atoms with van der Waals surface area (Å²) in [5.74, 6) is 0.867.